The van der Waals surface area contributed by atoms with Gasteiger partial charge in [0.15, 0.2) is 0 Å². The van der Waals surface area contributed by atoms with E-state index < -0.39 is 0 Å². The molecule has 0 bridgehead atoms. The Morgan fingerprint density at radius 1 is 1.15 bits per heavy atom. The lowest BCUT2D eigenvalue weighted by Crippen LogP contribution is -2.13. The quantitative estimate of drug-likeness (QED) is 0.848. The number of rotatable bonds is 7. The van der Waals surface area contributed by atoms with Crippen LogP contribution in [-0.2, 0) is 24.4 Å². The summed E-state index contributed by atoms with van der Waals surface area (Å²) in [6, 6.07) is 14.3. The molecular formula is C16H18N2OS. The smallest absolute Gasteiger partial charge is 0.110 e. The van der Waals surface area contributed by atoms with Crippen LogP contribution in [0.5, 0.6) is 0 Å². The molecule has 1 aromatic heterocycles. The highest BCUT2D eigenvalue weighted by atomic mass is 32.1. The van der Waals surface area contributed by atoms with Crippen LogP contribution in [-0.4, -0.2) is 6.61 Å². The minimum absolute atomic E-state index is 0.659. The first-order chi connectivity index (χ1) is 9.83. The molecule has 0 saturated carbocycles. The molecule has 0 atom stereocenters. The fraction of sp³-hybridized carbons (Fsp3) is 0.312. The molecule has 2 rings (SSSR count). The van der Waals surface area contributed by atoms with Crippen molar-refractivity contribution < 1.29 is 4.74 Å². The molecule has 0 aliphatic heterocycles. The molecule has 0 saturated heterocycles. The minimum Gasteiger partial charge on any atom is -0.377 e. The van der Waals surface area contributed by atoms with Crippen molar-refractivity contribution in [2.45, 2.75) is 26.6 Å². The number of ether oxygens (including phenoxy) is 1. The molecule has 104 valence electrons. The fourth-order valence-corrected chi connectivity index (χ4v) is 2.71. The van der Waals surface area contributed by atoms with E-state index in [1.807, 2.05) is 31.2 Å². The molecule has 3 nitrogen and oxygen atoms in total. The Balaban J connectivity index is 1.89. The van der Waals surface area contributed by atoms with Crippen LogP contribution in [0.4, 0.5) is 0 Å². The number of hydrogen-bond donors (Lipinski definition) is 1. The highest BCUT2D eigenvalue weighted by Gasteiger charge is 2.03. The van der Waals surface area contributed by atoms with Gasteiger partial charge in [0, 0.05) is 24.6 Å². The van der Waals surface area contributed by atoms with Gasteiger partial charge in [0.1, 0.15) is 10.9 Å². The third kappa shape index (κ3) is 4.17. The lowest BCUT2D eigenvalue weighted by molar-refractivity contribution is 0.133. The second-order valence-electron chi connectivity index (χ2n) is 4.39. The van der Waals surface area contributed by atoms with Crippen molar-refractivity contribution in [1.82, 2.24) is 5.32 Å². The van der Waals surface area contributed by atoms with Crippen LogP contribution in [0.1, 0.15) is 27.8 Å². The number of thiophene rings is 1. The molecule has 1 aromatic carbocycles. The Morgan fingerprint density at radius 2 is 1.95 bits per heavy atom. The van der Waals surface area contributed by atoms with Gasteiger partial charge < -0.3 is 10.1 Å². The van der Waals surface area contributed by atoms with Gasteiger partial charge in [-0.15, -0.1) is 11.3 Å². The molecule has 4 heteroatoms. The maximum atomic E-state index is 8.80. The molecule has 0 fully saturated rings. The summed E-state index contributed by atoms with van der Waals surface area (Å²) in [7, 11) is 0. The summed E-state index contributed by atoms with van der Waals surface area (Å²) in [5, 5.41) is 12.2. The van der Waals surface area contributed by atoms with Crippen LogP contribution in [0, 0.1) is 11.3 Å². The van der Waals surface area contributed by atoms with E-state index in [-0.39, 0.29) is 0 Å². The molecule has 0 aliphatic carbocycles. The number of benzene rings is 1. The molecule has 0 aliphatic rings. The second kappa shape index (κ2) is 7.81. The highest BCUT2D eigenvalue weighted by molar-refractivity contribution is 7.12. The predicted molar refractivity (Wildman–Crippen MR) is 81.3 cm³/mol. The van der Waals surface area contributed by atoms with Crippen LogP contribution in [0.25, 0.3) is 0 Å². The summed E-state index contributed by atoms with van der Waals surface area (Å²) >= 11 is 1.54. The monoisotopic (exact) mass is 286 g/mol. The first kappa shape index (κ1) is 14.7. The van der Waals surface area contributed by atoms with Crippen molar-refractivity contribution in [3.05, 3.63) is 57.3 Å². The summed E-state index contributed by atoms with van der Waals surface area (Å²) in [5.41, 5.74) is 2.49. The average molecular weight is 286 g/mol. The van der Waals surface area contributed by atoms with E-state index in [1.54, 1.807) is 0 Å². The minimum atomic E-state index is 0.659. The second-order valence-corrected chi connectivity index (χ2v) is 5.56. The maximum Gasteiger partial charge on any atom is 0.110 e. The Kier molecular flexibility index (Phi) is 5.75. The SMILES string of the molecule is CCOCc1ccccc1CNCc1ccc(C#N)s1. The van der Waals surface area contributed by atoms with E-state index in [1.165, 1.54) is 27.3 Å². The van der Waals surface area contributed by atoms with Gasteiger partial charge in [0.05, 0.1) is 6.61 Å². The molecule has 1 N–H and O–H groups in total. The number of nitriles is 1. The average Bonchev–Trinajstić information content (AvgIpc) is 2.94. The van der Waals surface area contributed by atoms with E-state index in [9.17, 15) is 0 Å². The molecule has 0 unspecified atom stereocenters. The lowest BCUT2D eigenvalue weighted by Gasteiger charge is -2.10. The van der Waals surface area contributed by atoms with Gasteiger partial charge in [-0.1, -0.05) is 24.3 Å². The van der Waals surface area contributed by atoms with Crippen molar-refractivity contribution in [2.75, 3.05) is 6.61 Å². The zero-order valence-electron chi connectivity index (χ0n) is 11.6. The Hall–Kier alpha value is -1.67. The van der Waals surface area contributed by atoms with E-state index in [2.05, 4.69) is 23.5 Å². The van der Waals surface area contributed by atoms with Gasteiger partial charge in [-0.3, -0.25) is 0 Å². The van der Waals surface area contributed by atoms with E-state index >= 15 is 0 Å². The van der Waals surface area contributed by atoms with Crippen molar-refractivity contribution in [3.63, 3.8) is 0 Å². The predicted octanol–water partition coefficient (Wildman–Crippen LogP) is 3.45. The van der Waals surface area contributed by atoms with Gasteiger partial charge in [-0.2, -0.15) is 5.26 Å². The van der Waals surface area contributed by atoms with Gasteiger partial charge in [-0.05, 0) is 30.2 Å². The molecule has 2 aromatic rings. The first-order valence-corrected chi connectivity index (χ1v) is 7.49. The molecular weight excluding hydrogens is 268 g/mol. The number of nitrogens with zero attached hydrogens (tertiary/aromatic N) is 1. The summed E-state index contributed by atoms with van der Waals surface area (Å²) < 4.78 is 5.48. The zero-order valence-corrected chi connectivity index (χ0v) is 12.4. The first-order valence-electron chi connectivity index (χ1n) is 6.67. The molecule has 0 amide bonds. The molecule has 1 heterocycles. The van der Waals surface area contributed by atoms with Gasteiger partial charge >= 0.3 is 0 Å². The molecule has 0 spiro atoms. The van der Waals surface area contributed by atoms with Crippen molar-refractivity contribution in [2.24, 2.45) is 0 Å². The van der Waals surface area contributed by atoms with Crippen LogP contribution < -0.4 is 5.32 Å². The fourth-order valence-electron chi connectivity index (χ4n) is 1.94. The number of hydrogen-bond acceptors (Lipinski definition) is 4. The van der Waals surface area contributed by atoms with Crippen molar-refractivity contribution in [3.8, 4) is 6.07 Å². The summed E-state index contributed by atoms with van der Waals surface area (Å²) in [5.74, 6) is 0. The van der Waals surface area contributed by atoms with Crippen molar-refractivity contribution >= 4 is 11.3 Å². The van der Waals surface area contributed by atoms with Crippen LogP contribution >= 0.6 is 11.3 Å². The Labute approximate surface area is 123 Å². The standard InChI is InChI=1S/C16H18N2OS/c1-2-19-12-14-6-4-3-5-13(14)10-18-11-16-8-7-15(9-17)20-16/h3-8,18H,2,10-12H2,1H3. The summed E-state index contributed by atoms with van der Waals surface area (Å²) in [6.45, 7) is 4.99. The topological polar surface area (TPSA) is 45.0 Å². The van der Waals surface area contributed by atoms with Gasteiger partial charge in [-0.25, -0.2) is 0 Å². The third-order valence-electron chi connectivity index (χ3n) is 2.97. The van der Waals surface area contributed by atoms with E-state index in [4.69, 9.17) is 10.00 Å². The normalized spacial score (nSPS) is 10.4. The molecule has 0 radical (unpaired) electrons. The van der Waals surface area contributed by atoms with Crippen LogP contribution in [0.2, 0.25) is 0 Å². The largest absolute Gasteiger partial charge is 0.377 e. The number of nitrogens with one attached hydrogen (secondary N) is 1. The Bertz CT molecular complexity index is 586. The van der Waals surface area contributed by atoms with Gasteiger partial charge in [0.2, 0.25) is 0 Å². The van der Waals surface area contributed by atoms with Crippen molar-refractivity contribution in [1.29, 1.82) is 5.26 Å². The third-order valence-corrected chi connectivity index (χ3v) is 3.96. The summed E-state index contributed by atoms with van der Waals surface area (Å²) in [6.07, 6.45) is 0. The van der Waals surface area contributed by atoms with E-state index in [0.29, 0.717) is 6.61 Å². The van der Waals surface area contributed by atoms with Gasteiger partial charge in [0.25, 0.3) is 0 Å². The maximum absolute atomic E-state index is 8.80. The van der Waals surface area contributed by atoms with E-state index in [0.717, 1.165) is 24.6 Å². The summed E-state index contributed by atoms with van der Waals surface area (Å²) in [4.78, 5) is 1.95. The van der Waals surface area contributed by atoms with Crippen LogP contribution in [0.3, 0.4) is 0 Å². The zero-order chi connectivity index (χ0) is 14.2. The lowest BCUT2D eigenvalue weighted by atomic mass is 10.1. The Morgan fingerprint density at radius 3 is 2.65 bits per heavy atom. The highest BCUT2D eigenvalue weighted by Crippen LogP contribution is 2.15. The van der Waals surface area contributed by atoms with Crippen LogP contribution in [0.15, 0.2) is 36.4 Å². The molecule has 20 heavy (non-hydrogen) atoms.